The Morgan fingerprint density at radius 1 is 1.60 bits per heavy atom. The smallest absolute Gasteiger partial charge is 0.0616 e. The van der Waals surface area contributed by atoms with E-state index in [1.54, 1.807) is 7.11 Å². The van der Waals surface area contributed by atoms with Crippen LogP contribution in [0.15, 0.2) is 0 Å². The predicted molar refractivity (Wildman–Crippen MR) is 43.0 cm³/mol. The number of ether oxygens (including phenoxy) is 1. The monoisotopic (exact) mass is 146 g/mol. The van der Waals surface area contributed by atoms with E-state index < -0.39 is 0 Å². The Morgan fingerprint density at radius 2 is 2.30 bits per heavy atom. The van der Waals surface area contributed by atoms with E-state index >= 15 is 0 Å². The van der Waals surface area contributed by atoms with E-state index in [1.807, 2.05) is 0 Å². The number of rotatable bonds is 6. The summed E-state index contributed by atoms with van der Waals surface area (Å²) in [7, 11) is 1.71. The molecular formula is C7H18N2O. The molecule has 0 aromatic carbocycles. The number of hydrogen-bond donors (Lipinski definition) is 2. The molecule has 0 radical (unpaired) electrons. The molecule has 1 atom stereocenters. The summed E-state index contributed by atoms with van der Waals surface area (Å²) >= 11 is 0. The second-order valence-electron chi connectivity index (χ2n) is 2.29. The van der Waals surface area contributed by atoms with Crippen molar-refractivity contribution in [1.29, 1.82) is 0 Å². The molecule has 0 aromatic heterocycles. The van der Waals surface area contributed by atoms with Crippen molar-refractivity contribution >= 4 is 0 Å². The number of nitrogens with one attached hydrogen (secondary N) is 1. The molecule has 0 heterocycles. The number of nitrogens with two attached hydrogens (primary N) is 1. The zero-order valence-corrected chi connectivity index (χ0v) is 6.89. The first-order chi connectivity index (χ1) is 4.85. The molecule has 10 heavy (non-hydrogen) atoms. The quantitative estimate of drug-likeness (QED) is 0.553. The molecule has 0 saturated heterocycles. The molecule has 0 rings (SSSR count). The van der Waals surface area contributed by atoms with E-state index in [0.29, 0.717) is 6.04 Å². The van der Waals surface area contributed by atoms with Gasteiger partial charge < -0.3 is 15.8 Å². The van der Waals surface area contributed by atoms with Gasteiger partial charge in [-0.1, -0.05) is 6.92 Å². The average molecular weight is 146 g/mol. The molecular weight excluding hydrogens is 128 g/mol. The first-order valence-electron chi connectivity index (χ1n) is 3.77. The van der Waals surface area contributed by atoms with Crippen molar-refractivity contribution in [3.8, 4) is 0 Å². The summed E-state index contributed by atoms with van der Waals surface area (Å²) in [5.41, 5.74) is 5.39. The van der Waals surface area contributed by atoms with Crippen molar-refractivity contribution < 1.29 is 4.74 Å². The van der Waals surface area contributed by atoms with Crippen LogP contribution in [0.5, 0.6) is 0 Å². The molecule has 0 bridgehead atoms. The van der Waals surface area contributed by atoms with Gasteiger partial charge >= 0.3 is 0 Å². The van der Waals surface area contributed by atoms with E-state index in [9.17, 15) is 0 Å². The van der Waals surface area contributed by atoms with Gasteiger partial charge in [0.05, 0.1) is 6.61 Å². The third kappa shape index (κ3) is 4.73. The summed E-state index contributed by atoms with van der Waals surface area (Å²) in [5, 5.41) is 3.28. The lowest BCUT2D eigenvalue weighted by Crippen LogP contribution is -2.34. The topological polar surface area (TPSA) is 47.3 Å². The second-order valence-corrected chi connectivity index (χ2v) is 2.29. The number of hydrogen-bond acceptors (Lipinski definition) is 3. The minimum atomic E-state index is 0.431. The highest BCUT2D eigenvalue weighted by Gasteiger charge is 2.03. The van der Waals surface area contributed by atoms with E-state index in [-0.39, 0.29) is 0 Å². The largest absolute Gasteiger partial charge is 0.383 e. The summed E-state index contributed by atoms with van der Waals surface area (Å²) in [6, 6.07) is 0.431. The molecule has 0 aromatic rings. The predicted octanol–water partition coefficient (Wildman–Crippen LogP) is -0.0403. The van der Waals surface area contributed by atoms with Crippen LogP contribution in [0.25, 0.3) is 0 Å². The molecule has 3 heteroatoms. The first-order valence-corrected chi connectivity index (χ1v) is 3.77. The van der Waals surface area contributed by atoms with Crippen LogP contribution in [-0.4, -0.2) is 32.8 Å². The summed E-state index contributed by atoms with van der Waals surface area (Å²) < 4.78 is 4.99. The maximum Gasteiger partial charge on any atom is 0.0616 e. The maximum atomic E-state index is 5.39. The molecule has 3 N–H and O–H groups in total. The van der Waals surface area contributed by atoms with Crippen molar-refractivity contribution in [2.75, 3.05) is 26.8 Å². The highest BCUT2D eigenvalue weighted by molar-refractivity contribution is 4.64. The molecule has 0 aliphatic carbocycles. The van der Waals surface area contributed by atoms with Crippen molar-refractivity contribution in [2.45, 2.75) is 19.4 Å². The normalized spacial score (nSPS) is 13.5. The fourth-order valence-electron chi connectivity index (χ4n) is 0.935. The third-order valence-corrected chi connectivity index (χ3v) is 1.38. The summed E-state index contributed by atoms with van der Waals surface area (Å²) in [4.78, 5) is 0. The minimum absolute atomic E-state index is 0.431. The van der Waals surface area contributed by atoms with Crippen molar-refractivity contribution in [1.82, 2.24) is 5.32 Å². The Balaban J connectivity index is 3.30. The molecule has 3 nitrogen and oxygen atoms in total. The first kappa shape index (κ1) is 9.88. The molecule has 62 valence electrons. The molecule has 0 aliphatic rings. The van der Waals surface area contributed by atoms with Crippen molar-refractivity contribution in [2.24, 2.45) is 5.73 Å². The van der Waals surface area contributed by atoms with Gasteiger partial charge in [-0.2, -0.15) is 0 Å². The van der Waals surface area contributed by atoms with Gasteiger partial charge in [-0.05, 0) is 19.5 Å². The Bertz CT molecular complexity index is 54.4. The van der Waals surface area contributed by atoms with Gasteiger partial charge in [-0.3, -0.25) is 0 Å². The standard InChI is InChI=1S/C7H18N2O/c1-3-9-7(4-5-8)6-10-2/h7,9H,3-6,8H2,1-2H3/t7-/m1/s1. The van der Waals surface area contributed by atoms with Gasteiger partial charge in [-0.15, -0.1) is 0 Å². The van der Waals surface area contributed by atoms with Crippen LogP contribution in [0.2, 0.25) is 0 Å². The van der Waals surface area contributed by atoms with Crippen LogP contribution in [-0.2, 0) is 4.74 Å². The lowest BCUT2D eigenvalue weighted by molar-refractivity contribution is 0.164. The highest BCUT2D eigenvalue weighted by atomic mass is 16.5. The van der Waals surface area contributed by atoms with E-state index in [4.69, 9.17) is 10.5 Å². The van der Waals surface area contributed by atoms with E-state index in [1.165, 1.54) is 0 Å². The summed E-state index contributed by atoms with van der Waals surface area (Å²) in [6.45, 7) is 4.54. The second kappa shape index (κ2) is 6.99. The SMILES string of the molecule is CCN[C@H](CCN)COC. The van der Waals surface area contributed by atoms with Gasteiger partial charge in [0.1, 0.15) is 0 Å². The fourth-order valence-corrected chi connectivity index (χ4v) is 0.935. The van der Waals surface area contributed by atoms with Crippen LogP contribution in [0.1, 0.15) is 13.3 Å². The van der Waals surface area contributed by atoms with E-state index in [0.717, 1.165) is 26.1 Å². The third-order valence-electron chi connectivity index (χ3n) is 1.38. The van der Waals surface area contributed by atoms with Gasteiger partial charge in [0.2, 0.25) is 0 Å². The number of methoxy groups -OCH3 is 1. The Hall–Kier alpha value is -0.120. The van der Waals surface area contributed by atoms with Gasteiger partial charge in [0.25, 0.3) is 0 Å². The highest BCUT2D eigenvalue weighted by Crippen LogP contribution is 1.89. The van der Waals surface area contributed by atoms with Gasteiger partial charge in [0, 0.05) is 13.2 Å². The lowest BCUT2D eigenvalue weighted by atomic mass is 10.2. The summed E-state index contributed by atoms with van der Waals surface area (Å²) in [5.74, 6) is 0. The average Bonchev–Trinajstić information content (AvgIpc) is 1.90. The molecule has 0 spiro atoms. The number of likely N-dealkylation sites (N-methyl/N-ethyl adjacent to an activating group) is 1. The van der Waals surface area contributed by atoms with Crippen LogP contribution in [0, 0.1) is 0 Å². The van der Waals surface area contributed by atoms with Crippen LogP contribution in [0.4, 0.5) is 0 Å². The Morgan fingerprint density at radius 3 is 2.70 bits per heavy atom. The molecule has 0 amide bonds. The van der Waals surface area contributed by atoms with Crippen molar-refractivity contribution in [3.63, 3.8) is 0 Å². The van der Waals surface area contributed by atoms with Crippen molar-refractivity contribution in [3.05, 3.63) is 0 Å². The lowest BCUT2D eigenvalue weighted by Gasteiger charge is -2.14. The summed E-state index contributed by atoms with van der Waals surface area (Å²) in [6.07, 6.45) is 0.988. The van der Waals surface area contributed by atoms with Gasteiger partial charge in [-0.25, -0.2) is 0 Å². The fraction of sp³-hybridized carbons (Fsp3) is 1.00. The van der Waals surface area contributed by atoms with Crippen LogP contribution >= 0.6 is 0 Å². The molecule has 0 aliphatic heterocycles. The van der Waals surface area contributed by atoms with E-state index in [2.05, 4.69) is 12.2 Å². The minimum Gasteiger partial charge on any atom is -0.383 e. The van der Waals surface area contributed by atoms with Crippen LogP contribution < -0.4 is 11.1 Å². The molecule has 0 unspecified atom stereocenters. The Labute approximate surface area is 62.9 Å². The van der Waals surface area contributed by atoms with Crippen LogP contribution in [0.3, 0.4) is 0 Å². The van der Waals surface area contributed by atoms with Gasteiger partial charge in [0.15, 0.2) is 0 Å². The zero-order valence-electron chi connectivity index (χ0n) is 6.89. The Kier molecular flexibility index (Phi) is 6.91. The molecule has 0 fully saturated rings. The molecule has 0 saturated carbocycles. The zero-order chi connectivity index (χ0) is 7.82. The maximum absolute atomic E-state index is 5.39.